The highest BCUT2D eigenvalue weighted by Crippen LogP contribution is 2.26. The van der Waals surface area contributed by atoms with Crippen molar-refractivity contribution in [1.82, 2.24) is 19.6 Å². The number of hydrogen-bond acceptors (Lipinski definition) is 7. The fourth-order valence-corrected chi connectivity index (χ4v) is 3.09. The molecule has 2 aromatic heterocycles. The maximum Gasteiger partial charge on any atom is 0.322 e. The second kappa shape index (κ2) is 8.17. The summed E-state index contributed by atoms with van der Waals surface area (Å²) in [6, 6.07) is 6.02. The van der Waals surface area contributed by atoms with Crippen molar-refractivity contribution in [3.8, 4) is 11.8 Å². The van der Waals surface area contributed by atoms with Gasteiger partial charge in [-0.2, -0.15) is 9.97 Å². The van der Waals surface area contributed by atoms with E-state index in [-0.39, 0.29) is 17.7 Å². The van der Waals surface area contributed by atoms with Crippen molar-refractivity contribution in [2.45, 2.75) is 33.6 Å². The molecular formula is C18H18FN5O2S. The van der Waals surface area contributed by atoms with E-state index in [1.807, 2.05) is 6.92 Å². The van der Waals surface area contributed by atoms with E-state index in [1.54, 1.807) is 26.0 Å². The number of hydrogen-bond donors (Lipinski definition) is 1. The van der Waals surface area contributed by atoms with Gasteiger partial charge < -0.3 is 10.1 Å². The van der Waals surface area contributed by atoms with Gasteiger partial charge in [-0.25, -0.2) is 4.39 Å². The summed E-state index contributed by atoms with van der Waals surface area (Å²) >= 11 is 1.05. The maximum atomic E-state index is 13.7. The SMILES string of the molecule is CCCc1nnsc1C(=O)Nc1c(C)nc(Oc2ccccc2F)nc1C. The molecule has 0 saturated heterocycles. The number of halogens is 1. The Bertz CT molecular complexity index is 953. The number of ether oxygens (including phenoxy) is 1. The van der Waals surface area contributed by atoms with Gasteiger partial charge in [-0.3, -0.25) is 4.79 Å². The molecule has 3 aromatic rings. The molecule has 0 radical (unpaired) electrons. The number of aromatic nitrogens is 4. The lowest BCUT2D eigenvalue weighted by molar-refractivity contribution is 0.102. The quantitative estimate of drug-likeness (QED) is 0.685. The number of carbonyl (C=O) groups excluding carboxylic acids is 1. The number of anilines is 1. The molecule has 0 saturated carbocycles. The Morgan fingerprint density at radius 3 is 2.59 bits per heavy atom. The van der Waals surface area contributed by atoms with Crippen LogP contribution in [0, 0.1) is 19.7 Å². The summed E-state index contributed by atoms with van der Waals surface area (Å²) in [5.74, 6) is -0.769. The lowest BCUT2D eigenvalue weighted by atomic mass is 10.2. The van der Waals surface area contributed by atoms with Crippen LogP contribution >= 0.6 is 11.5 Å². The van der Waals surface area contributed by atoms with Crippen molar-refractivity contribution >= 4 is 23.1 Å². The molecule has 7 nitrogen and oxygen atoms in total. The third-order valence-corrected chi connectivity index (χ3v) is 4.54. The van der Waals surface area contributed by atoms with Gasteiger partial charge in [0.05, 0.1) is 22.8 Å². The first-order valence-corrected chi connectivity index (χ1v) is 9.17. The Labute approximate surface area is 159 Å². The van der Waals surface area contributed by atoms with Gasteiger partial charge in [0.15, 0.2) is 11.6 Å². The standard InChI is InChI=1S/C18H18FN5O2S/c1-4-7-13-16(27-24-23-13)17(25)22-15-10(2)20-18(21-11(15)3)26-14-9-6-5-8-12(14)19/h5-6,8-9H,4,7H2,1-3H3,(H,22,25). The van der Waals surface area contributed by atoms with Crippen molar-refractivity contribution in [1.29, 1.82) is 0 Å². The van der Waals surface area contributed by atoms with Gasteiger partial charge >= 0.3 is 6.01 Å². The predicted molar refractivity (Wildman–Crippen MR) is 99.8 cm³/mol. The van der Waals surface area contributed by atoms with Crippen LogP contribution in [0.5, 0.6) is 11.8 Å². The molecular weight excluding hydrogens is 369 g/mol. The highest BCUT2D eigenvalue weighted by molar-refractivity contribution is 7.08. The van der Waals surface area contributed by atoms with E-state index in [0.717, 1.165) is 18.0 Å². The van der Waals surface area contributed by atoms with E-state index in [1.165, 1.54) is 12.1 Å². The highest BCUT2D eigenvalue weighted by atomic mass is 32.1. The Morgan fingerprint density at radius 1 is 1.22 bits per heavy atom. The molecule has 1 amide bonds. The van der Waals surface area contributed by atoms with Crippen molar-refractivity contribution in [2.75, 3.05) is 5.32 Å². The topological polar surface area (TPSA) is 89.9 Å². The highest BCUT2D eigenvalue weighted by Gasteiger charge is 2.19. The predicted octanol–water partition coefficient (Wildman–Crippen LogP) is 4.08. The molecule has 0 unspecified atom stereocenters. The summed E-state index contributed by atoms with van der Waals surface area (Å²) < 4.78 is 23.0. The number of rotatable bonds is 6. The van der Waals surface area contributed by atoms with Gasteiger partial charge in [0.1, 0.15) is 4.88 Å². The minimum absolute atomic E-state index is 0.0132. The van der Waals surface area contributed by atoms with Crippen LogP contribution in [0.25, 0.3) is 0 Å². The minimum atomic E-state index is -0.505. The molecule has 0 spiro atoms. The fourth-order valence-electron chi connectivity index (χ4n) is 2.49. The number of nitrogens with one attached hydrogen (secondary N) is 1. The normalized spacial score (nSPS) is 10.7. The van der Waals surface area contributed by atoms with E-state index in [2.05, 4.69) is 24.9 Å². The molecule has 27 heavy (non-hydrogen) atoms. The van der Waals surface area contributed by atoms with E-state index in [4.69, 9.17) is 4.74 Å². The Hall–Kier alpha value is -2.94. The van der Waals surface area contributed by atoms with Crippen molar-refractivity contribution in [3.63, 3.8) is 0 Å². The maximum absolute atomic E-state index is 13.7. The average Bonchev–Trinajstić information content (AvgIpc) is 3.09. The van der Waals surface area contributed by atoms with Crippen LogP contribution in [-0.4, -0.2) is 25.5 Å². The molecule has 0 atom stereocenters. The molecule has 0 fully saturated rings. The van der Waals surface area contributed by atoms with Crippen LogP contribution in [0.3, 0.4) is 0 Å². The van der Waals surface area contributed by atoms with Gasteiger partial charge in [-0.1, -0.05) is 30.0 Å². The molecule has 0 aliphatic rings. The van der Waals surface area contributed by atoms with Crippen molar-refractivity contribution in [2.24, 2.45) is 0 Å². The van der Waals surface area contributed by atoms with Gasteiger partial charge in [-0.15, -0.1) is 5.10 Å². The Kier molecular flexibility index (Phi) is 5.70. The van der Waals surface area contributed by atoms with Crippen LogP contribution < -0.4 is 10.1 Å². The molecule has 140 valence electrons. The van der Waals surface area contributed by atoms with E-state index < -0.39 is 5.82 Å². The fraction of sp³-hybridized carbons (Fsp3) is 0.278. The smallest absolute Gasteiger partial charge is 0.322 e. The van der Waals surface area contributed by atoms with Gasteiger partial charge in [0, 0.05) is 0 Å². The lowest BCUT2D eigenvalue weighted by Gasteiger charge is -2.12. The van der Waals surface area contributed by atoms with Crippen LogP contribution in [0.1, 0.15) is 40.1 Å². The second-order valence-corrected chi connectivity index (χ2v) is 6.59. The number of para-hydroxylation sites is 1. The summed E-state index contributed by atoms with van der Waals surface area (Å²) in [4.78, 5) is 21.5. The third kappa shape index (κ3) is 4.25. The van der Waals surface area contributed by atoms with Crippen LogP contribution in [0.15, 0.2) is 24.3 Å². The monoisotopic (exact) mass is 387 g/mol. The Balaban J connectivity index is 1.82. The van der Waals surface area contributed by atoms with Gasteiger partial charge in [0.2, 0.25) is 0 Å². The first-order chi connectivity index (χ1) is 13.0. The molecule has 0 aliphatic carbocycles. The first kappa shape index (κ1) is 18.8. The minimum Gasteiger partial charge on any atom is -0.421 e. The van der Waals surface area contributed by atoms with Gasteiger partial charge in [0.25, 0.3) is 5.91 Å². The number of amides is 1. The zero-order valence-electron chi connectivity index (χ0n) is 15.1. The number of carbonyl (C=O) groups is 1. The summed E-state index contributed by atoms with van der Waals surface area (Å²) in [7, 11) is 0. The molecule has 0 bridgehead atoms. The summed E-state index contributed by atoms with van der Waals surface area (Å²) in [6.07, 6.45) is 1.55. The number of benzene rings is 1. The molecule has 9 heteroatoms. The largest absolute Gasteiger partial charge is 0.421 e. The van der Waals surface area contributed by atoms with E-state index >= 15 is 0 Å². The molecule has 0 aliphatic heterocycles. The van der Waals surface area contributed by atoms with Crippen LogP contribution in [0.4, 0.5) is 10.1 Å². The summed E-state index contributed by atoms with van der Waals surface area (Å²) in [5, 5.41) is 6.82. The summed E-state index contributed by atoms with van der Waals surface area (Å²) in [6.45, 7) is 5.45. The molecule has 3 rings (SSSR count). The van der Waals surface area contributed by atoms with Crippen molar-refractivity contribution < 1.29 is 13.9 Å². The lowest BCUT2D eigenvalue weighted by Crippen LogP contribution is -2.16. The third-order valence-electron chi connectivity index (χ3n) is 3.78. The van der Waals surface area contributed by atoms with Gasteiger partial charge in [-0.05, 0) is 43.9 Å². The second-order valence-electron chi connectivity index (χ2n) is 5.84. The average molecular weight is 387 g/mol. The number of nitrogens with zero attached hydrogens (tertiary/aromatic N) is 4. The van der Waals surface area contributed by atoms with Crippen LogP contribution in [0.2, 0.25) is 0 Å². The first-order valence-electron chi connectivity index (χ1n) is 8.39. The van der Waals surface area contributed by atoms with E-state index in [0.29, 0.717) is 34.1 Å². The number of aryl methyl sites for hydroxylation is 3. The van der Waals surface area contributed by atoms with Crippen LogP contribution in [-0.2, 0) is 6.42 Å². The zero-order valence-corrected chi connectivity index (χ0v) is 15.9. The molecule has 1 N–H and O–H groups in total. The Morgan fingerprint density at radius 2 is 1.93 bits per heavy atom. The molecule has 1 aromatic carbocycles. The summed E-state index contributed by atoms with van der Waals surface area (Å²) in [5.41, 5.74) is 2.18. The zero-order chi connectivity index (χ0) is 19.4. The van der Waals surface area contributed by atoms with E-state index in [9.17, 15) is 9.18 Å². The molecule has 2 heterocycles. The van der Waals surface area contributed by atoms with Crippen molar-refractivity contribution in [3.05, 3.63) is 52.0 Å².